The van der Waals surface area contributed by atoms with Crippen molar-refractivity contribution in [1.82, 2.24) is 47.0 Å². The molecule has 77 heavy (non-hydrogen) atoms. The maximum atomic E-state index is 14.0. The van der Waals surface area contributed by atoms with Gasteiger partial charge in [-0.1, -0.05) is 13.8 Å². The van der Waals surface area contributed by atoms with E-state index < -0.39 is 188 Å². The van der Waals surface area contributed by atoms with Crippen LogP contribution >= 0.6 is 11.8 Å². The number of rotatable bonds is 33. The van der Waals surface area contributed by atoms with Gasteiger partial charge < -0.3 is 84.6 Å². The van der Waals surface area contributed by atoms with Crippen LogP contribution in [0, 0.1) is 5.92 Å². The highest BCUT2D eigenvalue weighted by Gasteiger charge is 2.45. The zero-order valence-electron chi connectivity index (χ0n) is 43.6. The van der Waals surface area contributed by atoms with Gasteiger partial charge in [-0.3, -0.25) is 62.3 Å². The van der Waals surface area contributed by atoms with Crippen LogP contribution in [0.3, 0.4) is 0 Å². The topological polar surface area (TPSA) is 489 Å². The molecule has 30 nitrogen and oxygen atoms in total. The third-order valence-corrected chi connectivity index (χ3v) is 13.0. The fourth-order valence-electron chi connectivity index (χ4n) is 8.32. The number of aliphatic hydroxyl groups excluding tert-OH is 1. The number of carbonyl (C=O) groups is 14. The van der Waals surface area contributed by atoms with E-state index in [0.29, 0.717) is 18.6 Å². The van der Waals surface area contributed by atoms with Crippen molar-refractivity contribution in [2.24, 2.45) is 23.1 Å². The molecule has 31 heteroatoms. The molecule has 0 aromatic heterocycles. The average Bonchev–Trinajstić information content (AvgIpc) is 4.05. The summed E-state index contributed by atoms with van der Waals surface area (Å²) >= 11 is 1.42. The van der Waals surface area contributed by atoms with E-state index in [-0.39, 0.29) is 44.7 Å². The number of carboxylic acid groups (broad SMARTS) is 3. The number of carboxylic acids is 3. The number of nitrogens with zero attached hydrogens (tertiary/aromatic N) is 2. The van der Waals surface area contributed by atoms with Gasteiger partial charge in [0.1, 0.15) is 54.4 Å². The van der Waals surface area contributed by atoms with Gasteiger partial charge in [-0.2, -0.15) is 11.8 Å². The second kappa shape index (κ2) is 31.8. The molecule has 0 aromatic carbocycles. The van der Waals surface area contributed by atoms with Crippen molar-refractivity contribution in [3.05, 3.63) is 0 Å². The Morgan fingerprint density at radius 2 is 1.04 bits per heavy atom. The fourth-order valence-corrected chi connectivity index (χ4v) is 8.81. The zero-order chi connectivity index (χ0) is 58.4. The smallest absolute Gasteiger partial charge is 0.326 e. The third-order valence-electron chi connectivity index (χ3n) is 12.4. The molecule has 0 aliphatic carbocycles. The number of thioether (sulfide) groups is 1. The Labute approximate surface area is 447 Å². The highest BCUT2D eigenvalue weighted by molar-refractivity contribution is 7.98. The molecule has 17 N–H and O–H groups in total. The molecular formula is C46H74N12O18S. The molecule has 11 amide bonds. The van der Waals surface area contributed by atoms with Gasteiger partial charge in [-0.25, -0.2) is 4.79 Å². The standard InChI is InChI=1S/C46H74N12O18S/c1-21(2)18-27(53-37(66)22(3)50-41(70)28(19-33(49)61)54-38(67)24(47)14-17-77-5)42(71)52-25(10-12-32(48)60)39(68)51-26(11-13-34(62)63)40(69)55-29(20-35(64)65)43(72)56-36(23(4)59)45(74)57-15-6-8-30(57)44(73)58-16-7-9-31(58)46(75)76/h21-31,36,59H,6-20,47H2,1-5H3,(H2,48,60)(H2,49,61)(H,50,70)(H,51,68)(H,52,71)(H,53,66)(H,54,67)(H,55,69)(H,56,72)(H,62,63)(H,64,65)(H,75,76)/t22-,23+,24-,25-,26-,27-,28-,29-,30-,31-,36-/m0/s1. The quantitative estimate of drug-likeness (QED) is 0.0291. The SMILES string of the molecule is CSCC[C@H](N)C(=O)N[C@@H](CC(N)=O)C(=O)N[C@@H](C)C(=O)N[C@@H](CC(C)C)C(=O)N[C@@H](CCC(N)=O)C(=O)N[C@@H](CCC(=O)O)C(=O)N[C@@H](CC(=O)O)C(=O)N[C@H](C(=O)N1CCC[C@H]1C(=O)N1CCC[C@H]1C(=O)O)[C@@H](C)O. The summed E-state index contributed by atoms with van der Waals surface area (Å²) in [5.74, 6) is -15.5. The Kier molecular flexibility index (Phi) is 27.2. The van der Waals surface area contributed by atoms with Crippen molar-refractivity contribution in [1.29, 1.82) is 0 Å². The first-order valence-corrected chi connectivity index (χ1v) is 26.3. The zero-order valence-corrected chi connectivity index (χ0v) is 44.4. The summed E-state index contributed by atoms with van der Waals surface area (Å²) in [5, 5.41) is 55.6. The number of hydrogen-bond donors (Lipinski definition) is 14. The van der Waals surface area contributed by atoms with Gasteiger partial charge >= 0.3 is 17.9 Å². The highest BCUT2D eigenvalue weighted by Crippen LogP contribution is 2.26. The molecule has 2 heterocycles. The molecule has 0 bridgehead atoms. The Bertz CT molecular complexity index is 2200. The van der Waals surface area contributed by atoms with E-state index in [9.17, 15) is 87.5 Å². The van der Waals surface area contributed by atoms with Crippen LogP contribution in [-0.2, 0) is 67.1 Å². The highest BCUT2D eigenvalue weighted by atomic mass is 32.2. The van der Waals surface area contributed by atoms with E-state index >= 15 is 0 Å². The molecule has 2 rings (SSSR count). The average molecular weight is 1120 g/mol. The van der Waals surface area contributed by atoms with Crippen molar-refractivity contribution in [3.63, 3.8) is 0 Å². The van der Waals surface area contributed by atoms with E-state index in [4.69, 9.17) is 17.2 Å². The summed E-state index contributed by atoms with van der Waals surface area (Å²) in [4.78, 5) is 184. The van der Waals surface area contributed by atoms with Gasteiger partial charge in [0, 0.05) is 25.9 Å². The second-order valence-electron chi connectivity index (χ2n) is 19.2. The maximum absolute atomic E-state index is 14.0. The van der Waals surface area contributed by atoms with E-state index in [1.54, 1.807) is 20.1 Å². The van der Waals surface area contributed by atoms with Gasteiger partial charge in [0.15, 0.2) is 0 Å². The van der Waals surface area contributed by atoms with E-state index in [1.165, 1.54) is 18.7 Å². The minimum Gasteiger partial charge on any atom is -0.481 e. The number of aliphatic hydroxyl groups is 1. The monoisotopic (exact) mass is 1110 g/mol. The van der Waals surface area contributed by atoms with Crippen LogP contribution in [0.1, 0.15) is 105 Å². The van der Waals surface area contributed by atoms with Crippen molar-refractivity contribution in [2.45, 2.75) is 171 Å². The summed E-state index contributed by atoms with van der Waals surface area (Å²) in [5.41, 5.74) is 16.5. The van der Waals surface area contributed by atoms with Gasteiger partial charge in [0.05, 0.1) is 25.0 Å². The largest absolute Gasteiger partial charge is 0.481 e. The van der Waals surface area contributed by atoms with Gasteiger partial charge in [-0.05, 0) is 83.1 Å². The molecule has 2 saturated heterocycles. The van der Waals surface area contributed by atoms with Crippen LogP contribution in [-0.4, -0.2) is 205 Å². The summed E-state index contributed by atoms with van der Waals surface area (Å²) in [6, 6.07) is -15.4. The van der Waals surface area contributed by atoms with Crippen molar-refractivity contribution >= 4 is 94.6 Å². The van der Waals surface area contributed by atoms with Crippen LogP contribution in [0.4, 0.5) is 0 Å². The number of likely N-dealkylation sites (tertiary alicyclic amines) is 2. The summed E-state index contributed by atoms with van der Waals surface area (Å²) < 4.78 is 0. The fraction of sp³-hybridized carbons (Fsp3) is 0.696. The minimum atomic E-state index is -2.07. The predicted molar refractivity (Wildman–Crippen MR) is 270 cm³/mol. The molecule has 2 aliphatic heterocycles. The number of aliphatic carboxylic acids is 3. The molecule has 0 spiro atoms. The van der Waals surface area contributed by atoms with Crippen molar-refractivity contribution in [2.75, 3.05) is 25.1 Å². The Morgan fingerprint density at radius 3 is 1.55 bits per heavy atom. The van der Waals surface area contributed by atoms with Crippen LogP contribution in [0.5, 0.6) is 0 Å². The van der Waals surface area contributed by atoms with E-state index in [1.807, 2.05) is 0 Å². The maximum Gasteiger partial charge on any atom is 0.326 e. The van der Waals surface area contributed by atoms with E-state index in [0.717, 1.165) is 16.7 Å². The lowest BCUT2D eigenvalue weighted by Crippen LogP contribution is -2.62. The molecule has 0 aromatic rings. The Hall–Kier alpha value is -7.15. The molecule has 0 radical (unpaired) electrons. The van der Waals surface area contributed by atoms with Crippen LogP contribution < -0.4 is 54.4 Å². The molecule has 0 saturated carbocycles. The minimum absolute atomic E-state index is 0.0352. The van der Waals surface area contributed by atoms with Gasteiger partial charge in [-0.15, -0.1) is 0 Å². The second-order valence-corrected chi connectivity index (χ2v) is 20.2. The Balaban J connectivity index is 2.35. The molecular weight excluding hydrogens is 1040 g/mol. The lowest BCUT2D eigenvalue weighted by Gasteiger charge is -2.33. The number of nitrogens with two attached hydrogens (primary N) is 3. The van der Waals surface area contributed by atoms with Crippen molar-refractivity contribution in [3.8, 4) is 0 Å². The first-order chi connectivity index (χ1) is 36.0. The number of amides is 11. The van der Waals surface area contributed by atoms with Crippen LogP contribution in [0.15, 0.2) is 0 Å². The number of hydrogen-bond acceptors (Lipinski definition) is 17. The first kappa shape index (κ1) is 66.0. The van der Waals surface area contributed by atoms with Crippen LogP contribution in [0.25, 0.3) is 0 Å². The summed E-state index contributed by atoms with van der Waals surface area (Å²) in [6.07, 6.45) is -3.22. The number of carbonyl (C=O) groups excluding carboxylic acids is 11. The van der Waals surface area contributed by atoms with Crippen molar-refractivity contribution < 1.29 is 87.5 Å². The summed E-state index contributed by atoms with van der Waals surface area (Å²) in [6.45, 7) is 5.74. The third kappa shape index (κ3) is 21.8. The number of nitrogens with one attached hydrogen (secondary N) is 7. The first-order valence-electron chi connectivity index (χ1n) is 24.9. The number of primary amides is 2. The molecule has 0 unspecified atom stereocenters. The molecule has 11 atom stereocenters. The van der Waals surface area contributed by atoms with E-state index in [2.05, 4.69) is 37.2 Å². The summed E-state index contributed by atoms with van der Waals surface area (Å²) in [7, 11) is 0. The lowest BCUT2D eigenvalue weighted by molar-refractivity contribution is -0.153. The normalized spacial score (nSPS) is 18.6. The lowest BCUT2D eigenvalue weighted by atomic mass is 10.0. The van der Waals surface area contributed by atoms with Gasteiger partial charge in [0.25, 0.3) is 0 Å². The van der Waals surface area contributed by atoms with Crippen LogP contribution in [0.2, 0.25) is 0 Å². The molecule has 2 aliphatic rings. The predicted octanol–water partition coefficient (Wildman–Crippen LogP) is -5.55. The Morgan fingerprint density at radius 1 is 0.558 bits per heavy atom. The van der Waals surface area contributed by atoms with Gasteiger partial charge in [0.2, 0.25) is 65.0 Å². The molecule has 2 fully saturated rings. The molecule has 432 valence electrons.